The number of anilines is 1. The number of hydrogen-bond acceptors (Lipinski definition) is 2. The van der Waals surface area contributed by atoms with Crippen molar-refractivity contribution >= 4 is 11.6 Å². The van der Waals surface area contributed by atoms with E-state index >= 15 is 0 Å². The third-order valence-electron chi connectivity index (χ3n) is 3.84. The van der Waals surface area contributed by atoms with E-state index in [1.165, 1.54) is 18.4 Å². The van der Waals surface area contributed by atoms with E-state index in [1.807, 2.05) is 61.5 Å². The molecule has 2 aromatic rings. The molecule has 3 nitrogen and oxygen atoms in total. The van der Waals surface area contributed by atoms with Crippen molar-refractivity contribution in [3.63, 3.8) is 0 Å². The summed E-state index contributed by atoms with van der Waals surface area (Å²) in [5.74, 6) is -0.0171. The molecule has 0 saturated carbocycles. The minimum atomic E-state index is -0.325. The Balaban J connectivity index is 2.05. The zero-order chi connectivity index (χ0) is 16.5. The average Bonchev–Trinajstić information content (AvgIpc) is 2.58. The normalized spacial score (nSPS) is 11.9. The van der Waals surface area contributed by atoms with Gasteiger partial charge in [0.15, 0.2) is 0 Å². The van der Waals surface area contributed by atoms with Gasteiger partial charge in [-0.05, 0) is 37.6 Å². The molecule has 0 aliphatic heterocycles. The molecule has 0 radical (unpaired) electrons. The van der Waals surface area contributed by atoms with Gasteiger partial charge in [-0.15, -0.1) is 0 Å². The molecule has 3 heteroatoms. The van der Waals surface area contributed by atoms with Crippen LogP contribution in [0.25, 0.3) is 0 Å². The molecule has 1 amide bonds. The number of aryl methyl sites for hydroxylation is 1. The van der Waals surface area contributed by atoms with Gasteiger partial charge in [-0.3, -0.25) is 4.79 Å². The summed E-state index contributed by atoms with van der Waals surface area (Å²) in [6.45, 7) is 5.06. The van der Waals surface area contributed by atoms with Gasteiger partial charge in [0, 0.05) is 5.69 Å². The van der Waals surface area contributed by atoms with E-state index in [4.69, 9.17) is 0 Å². The highest BCUT2D eigenvalue weighted by molar-refractivity contribution is 5.95. The number of carbonyl (C=O) groups excluding carboxylic acids is 1. The monoisotopic (exact) mass is 310 g/mol. The van der Waals surface area contributed by atoms with Crippen molar-refractivity contribution in [3.8, 4) is 0 Å². The number of carbonyl (C=O) groups is 1. The smallest absolute Gasteiger partial charge is 0.246 e. The molecule has 0 fully saturated rings. The third kappa shape index (κ3) is 5.53. The van der Waals surface area contributed by atoms with Crippen molar-refractivity contribution in [1.29, 1.82) is 0 Å². The summed E-state index contributed by atoms with van der Waals surface area (Å²) in [5, 5.41) is 6.40. The van der Waals surface area contributed by atoms with E-state index < -0.39 is 0 Å². The van der Waals surface area contributed by atoms with Crippen LogP contribution in [0.2, 0.25) is 0 Å². The van der Waals surface area contributed by atoms with Crippen molar-refractivity contribution in [2.24, 2.45) is 0 Å². The molecule has 122 valence electrons. The predicted octanol–water partition coefficient (Wildman–Crippen LogP) is 4.45. The van der Waals surface area contributed by atoms with Crippen LogP contribution in [0.3, 0.4) is 0 Å². The van der Waals surface area contributed by atoms with Crippen LogP contribution in [0.5, 0.6) is 0 Å². The van der Waals surface area contributed by atoms with Crippen LogP contribution in [-0.4, -0.2) is 12.5 Å². The Hall–Kier alpha value is -2.13. The van der Waals surface area contributed by atoms with Crippen LogP contribution in [0, 0.1) is 6.92 Å². The van der Waals surface area contributed by atoms with Crippen LogP contribution in [0.15, 0.2) is 54.6 Å². The molecule has 0 spiro atoms. The van der Waals surface area contributed by atoms with Crippen LogP contribution < -0.4 is 10.6 Å². The maximum Gasteiger partial charge on any atom is 0.246 e. The molecular weight excluding hydrogens is 284 g/mol. The largest absolute Gasteiger partial charge is 0.324 e. The lowest BCUT2D eigenvalue weighted by molar-refractivity contribution is -0.118. The van der Waals surface area contributed by atoms with Gasteiger partial charge < -0.3 is 10.6 Å². The summed E-state index contributed by atoms with van der Waals surface area (Å²) in [6.07, 6.45) is 3.43. The molecule has 1 atom stereocenters. The zero-order valence-corrected chi connectivity index (χ0v) is 14.0. The van der Waals surface area contributed by atoms with Gasteiger partial charge >= 0.3 is 0 Å². The number of unbranched alkanes of at least 4 members (excludes halogenated alkanes) is 2. The van der Waals surface area contributed by atoms with Gasteiger partial charge in [0.1, 0.15) is 6.04 Å². The Labute approximate surface area is 139 Å². The van der Waals surface area contributed by atoms with E-state index in [0.29, 0.717) is 0 Å². The first-order chi connectivity index (χ1) is 11.2. The van der Waals surface area contributed by atoms with Crippen molar-refractivity contribution in [3.05, 3.63) is 65.7 Å². The Kier molecular flexibility index (Phi) is 6.82. The summed E-state index contributed by atoms with van der Waals surface area (Å²) in [6, 6.07) is 17.4. The quantitative estimate of drug-likeness (QED) is 0.707. The number of hydrogen-bond donors (Lipinski definition) is 2. The van der Waals surface area contributed by atoms with Crippen molar-refractivity contribution in [1.82, 2.24) is 5.32 Å². The summed E-state index contributed by atoms with van der Waals surface area (Å²) < 4.78 is 0. The van der Waals surface area contributed by atoms with Crippen molar-refractivity contribution in [2.45, 2.75) is 39.2 Å². The molecule has 2 aromatic carbocycles. The molecule has 0 bridgehead atoms. The lowest BCUT2D eigenvalue weighted by Crippen LogP contribution is -2.33. The van der Waals surface area contributed by atoms with Gasteiger partial charge in [0.2, 0.25) is 5.91 Å². The van der Waals surface area contributed by atoms with E-state index in [0.717, 1.165) is 24.2 Å². The summed E-state index contributed by atoms with van der Waals surface area (Å²) >= 11 is 0. The van der Waals surface area contributed by atoms with Crippen LogP contribution in [0.1, 0.15) is 43.4 Å². The molecule has 0 aromatic heterocycles. The third-order valence-corrected chi connectivity index (χ3v) is 3.84. The minimum Gasteiger partial charge on any atom is -0.324 e. The van der Waals surface area contributed by atoms with Crippen molar-refractivity contribution in [2.75, 3.05) is 11.9 Å². The summed E-state index contributed by atoms with van der Waals surface area (Å²) in [4.78, 5) is 12.7. The number of nitrogens with one attached hydrogen (secondary N) is 2. The van der Waals surface area contributed by atoms with E-state index in [2.05, 4.69) is 17.6 Å². The van der Waals surface area contributed by atoms with Crippen LogP contribution >= 0.6 is 0 Å². The fraction of sp³-hybridized carbons (Fsp3) is 0.350. The molecule has 0 unspecified atom stereocenters. The lowest BCUT2D eigenvalue weighted by Gasteiger charge is -2.19. The predicted molar refractivity (Wildman–Crippen MR) is 96.5 cm³/mol. The minimum absolute atomic E-state index is 0.0171. The first-order valence-electron chi connectivity index (χ1n) is 8.36. The van der Waals surface area contributed by atoms with Gasteiger partial charge in [-0.2, -0.15) is 0 Å². The Morgan fingerprint density at radius 1 is 1.00 bits per heavy atom. The number of benzene rings is 2. The topological polar surface area (TPSA) is 41.1 Å². The molecule has 0 aliphatic rings. The molecule has 0 heterocycles. The van der Waals surface area contributed by atoms with Crippen molar-refractivity contribution < 1.29 is 4.79 Å². The van der Waals surface area contributed by atoms with Gasteiger partial charge in [-0.25, -0.2) is 0 Å². The molecule has 2 N–H and O–H groups in total. The number of rotatable bonds is 8. The molecule has 0 aliphatic carbocycles. The van der Waals surface area contributed by atoms with E-state index in [9.17, 15) is 4.79 Å². The molecule has 2 rings (SSSR count). The fourth-order valence-corrected chi connectivity index (χ4v) is 2.48. The first kappa shape index (κ1) is 17.2. The van der Waals surface area contributed by atoms with Gasteiger partial charge in [-0.1, -0.05) is 67.8 Å². The maximum atomic E-state index is 12.7. The Morgan fingerprint density at radius 3 is 2.35 bits per heavy atom. The average molecular weight is 310 g/mol. The van der Waals surface area contributed by atoms with Gasteiger partial charge in [0.25, 0.3) is 0 Å². The highest BCUT2D eigenvalue weighted by atomic mass is 16.2. The standard InChI is InChI=1S/C20H26N2O/c1-3-4-8-15-21-19(17-9-6-5-7-10-17)20(23)22-18-13-11-16(2)12-14-18/h5-7,9-14,19,21H,3-4,8,15H2,1-2H3,(H,22,23)/t19-/m1/s1. The highest BCUT2D eigenvalue weighted by Crippen LogP contribution is 2.17. The van der Waals surface area contributed by atoms with Crippen LogP contribution in [-0.2, 0) is 4.79 Å². The number of amides is 1. The summed E-state index contributed by atoms with van der Waals surface area (Å²) in [7, 11) is 0. The summed E-state index contributed by atoms with van der Waals surface area (Å²) in [5.41, 5.74) is 3.01. The molecular formula is C20H26N2O. The van der Waals surface area contributed by atoms with Crippen LogP contribution in [0.4, 0.5) is 5.69 Å². The second-order valence-electron chi connectivity index (χ2n) is 5.86. The fourth-order valence-electron chi connectivity index (χ4n) is 2.48. The Morgan fingerprint density at radius 2 is 1.70 bits per heavy atom. The highest BCUT2D eigenvalue weighted by Gasteiger charge is 2.19. The first-order valence-corrected chi connectivity index (χ1v) is 8.36. The molecule has 23 heavy (non-hydrogen) atoms. The van der Waals surface area contributed by atoms with E-state index in [1.54, 1.807) is 0 Å². The zero-order valence-electron chi connectivity index (χ0n) is 14.0. The maximum absolute atomic E-state index is 12.7. The van der Waals surface area contributed by atoms with E-state index in [-0.39, 0.29) is 11.9 Å². The Bertz CT molecular complexity index is 593. The van der Waals surface area contributed by atoms with Gasteiger partial charge in [0.05, 0.1) is 0 Å². The molecule has 0 saturated heterocycles. The second-order valence-corrected chi connectivity index (χ2v) is 5.86. The lowest BCUT2D eigenvalue weighted by atomic mass is 10.1. The SMILES string of the molecule is CCCCCN[C@@H](C(=O)Nc1ccc(C)cc1)c1ccccc1. The second kappa shape index (κ2) is 9.11.